The van der Waals surface area contributed by atoms with E-state index in [-0.39, 0.29) is 16.9 Å². The molecule has 1 atom stereocenters. The third-order valence-corrected chi connectivity index (χ3v) is 4.68. The van der Waals surface area contributed by atoms with Gasteiger partial charge in [-0.1, -0.05) is 20.8 Å². The minimum absolute atomic E-state index is 0.000119. The third kappa shape index (κ3) is 3.35. The van der Waals surface area contributed by atoms with Crippen molar-refractivity contribution in [1.82, 2.24) is 14.5 Å². The van der Waals surface area contributed by atoms with Gasteiger partial charge in [0, 0.05) is 43.6 Å². The molecule has 24 heavy (non-hydrogen) atoms. The molecule has 0 saturated carbocycles. The molecular formula is C19H25N3O2. The predicted octanol–water partition coefficient (Wildman–Crippen LogP) is 2.68. The summed E-state index contributed by atoms with van der Waals surface area (Å²) in [6, 6.07) is 3.81. The molecule has 1 unspecified atom stereocenters. The summed E-state index contributed by atoms with van der Waals surface area (Å²) in [4.78, 5) is 31.1. The van der Waals surface area contributed by atoms with Gasteiger partial charge in [-0.15, -0.1) is 0 Å². The average Bonchev–Trinajstić information content (AvgIpc) is 2.56. The normalized spacial score (nSPS) is 18.8. The second kappa shape index (κ2) is 6.38. The van der Waals surface area contributed by atoms with Gasteiger partial charge >= 0.3 is 0 Å². The van der Waals surface area contributed by atoms with Gasteiger partial charge in [-0.05, 0) is 36.3 Å². The molecule has 5 heteroatoms. The first-order chi connectivity index (χ1) is 11.4. The molecule has 0 N–H and O–H groups in total. The second-order valence-electron chi connectivity index (χ2n) is 7.75. The average molecular weight is 327 g/mol. The van der Waals surface area contributed by atoms with Crippen molar-refractivity contribution in [3.05, 3.63) is 41.1 Å². The van der Waals surface area contributed by atoms with Crippen LogP contribution < -0.4 is 5.56 Å². The van der Waals surface area contributed by atoms with Crippen molar-refractivity contribution in [2.75, 3.05) is 13.1 Å². The summed E-state index contributed by atoms with van der Waals surface area (Å²) < 4.78 is 1.76. The van der Waals surface area contributed by atoms with E-state index < -0.39 is 0 Å². The van der Waals surface area contributed by atoms with Crippen molar-refractivity contribution in [3.63, 3.8) is 0 Å². The zero-order valence-electron chi connectivity index (χ0n) is 14.7. The number of aromatic nitrogens is 2. The van der Waals surface area contributed by atoms with Gasteiger partial charge in [0.1, 0.15) is 0 Å². The fourth-order valence-corrected chi connectivity index (χ4v) is 3.42. The summed E-state index contributed by atoms with van der Waals surface area (Å²) in [7, 11) is 0. The van der Waals surface area contributed by atoms with Crippen LogP contribution in [-0.4, -0.2) is 33.4 Å². The van der Waals surface area contributed by atoms with Gasteiger partial charge in [-0.3, -0.25) is 14.6 Å². The predicted molar refractivity (Wildman–Crippen MR) is 94.8 cm³/mol. The Morgan fingerprint density at radius 3 is 2.88 bits per heavy atom. The van der Waals surface area contributed by atoms with E-state index in [0.717, 1.165) is 31.3 Å². The molecule has 1 aliphatic rings. The molecule has 1 fully saturated rings. The molecular weight excluding hydrogens is 302 g/mol. The largest absolute Gasteiger partial charge is 0.342 e. The lowest BCUT2D eigenvalue weighted by Gasteiger charge is -2.36. The van der Waals surface area contributed by atoms with Crippen LogP contribution in [0.15, 0.2) is 35.5 Å². The number of pyridine rings is 2. The van der Waals surface area contributed by atoms with Crippen LogP contribution in [0.5, 0.6) is 0 Å². The number of piperidine rings is 1. The molecule has 2 aromatic heterocycles. The molecule has 0 spiro atoms. The molecule has 128 valence electrons. The first-order valence-electron chi connectivity index (χ1n) is 8.59. The van der Waals surface area contributed by atoms with Crippen LogP contribution in [0, 0.1) is 11.3 Å². The number of amides is 1. The van der Waals surface area contributed by atoms with Crippen molar-refractivity contribution < 1.29 is 4.79 Å². The Labute approximate surface area is 142 Å². The molecule has 1 saturated heterocycles. The van der Waals surface area contributed by atoms with Crippen molar-refractivity contribution in [2.45, 2.75) is 40.2 Å². The molecule has 5 nitrogen and oxygen atoms in total. The van der Waals surface area contributed by atoms with E-state index in [1.807, 2.05) is 44.0 Å². The molecule has 0 aliphatic carbocycles. The van der Waals surface area contributed by atoms with E-state index in [1.54, 1.807) is 17.0 Å². The zero-order valence-corrected chi connectivity index (χ0v) is 14.7. The maximum absolute atomic E-state index is 12.6. The molecule has 3 heterocycles. The summed E-state index contributed by atoms with van der Waals surface area (Å²) in [5.74, 6) is 0.513. The highest BCUT2D eigenvalue weighted by molar-refractivity contribution is 5.81. The smallest absolute Gasteiger partial charge is 0.259 e. The van der Waals surface area contributed by atoms with Crippen LogP contribution in [0.3, 0.4) is 0 Å². The lowest BCUT2D eigenvalue weighted by atomic mass is 9.91. The van der Waals surface area contributed by atoms with E-state index in [0.29, 0.717) is 17.8 Å². The number of fused-ring (bicyclic) bond motifs is 1. The Balaban J connectivity index is 1.78. The molecule has 0 bridgehead atoms. The number of likely N-dealkylation sites (tertiary alicyclic amines) is 1. The number of hydrogen-bond acceptors (Lipinski definition) is 3. The number of rotatable bonds is 2. The SMILES string of the molecule is CC(C)(C)C(=O)N1CCCC(Cn2ccc3ccncc3c2=O)C1. The number of nitrogens with zero attached hydrogens (tertiary/aromatic N) is 3. The highest BCUT2D eigenvalue weighted by Gasteiger charge is 2.31. The highest BCUT2D eigenvalue weighted by atomic mass is 16.2. The van der Waals surface area contributed by atoms with Crippen LogP contribution in [0.1, 0.15) is 33.6 Å². The lowest BCUT2D eigenvalue weighted by Crippen LogP contribution is -2.46. The van der Waals surface area contributed by atoms with E-state index in [4.69, 9.17) is 0 Å². The van der Waals surface area contributed by atoms with Crippen LogP contribution in [0.25, 0.3) is 10.8 Å². The third-order valence-electron chi connectivity index (χ3n) is 4.68. The van der Waals surface area contributed by atoms with Crippen molar-refractivity contribution >= 4 is 16.7 Å². The first kappa shape index (κ1) is 16.7. The van der Waals surface area contributed by atoms with E-state index in [2.05, 4.69) is 4.98 Å². The molecule has 0 radical (unpaired) electrons. The summed E-state index contributed by atoms with van der Waals surface area (Å²) in [6.45, 7) is 8.08. The molecule has 2 aromatic rings. The maximum Gasteiger partial charge on any atom is 0.259 e. The van der Waals surface area contributed by atoms with Crippen molar-refractivity contribution in [3.8, 4) is 0 Å². The van der Waals surface area contributed by atoms with Crippen LogP contribution in [0.2, 0.25) is 0 Å². The zero-order chi connectivity index (χ0) is 17.3. The monoisotopic (exact) mass is 327 g/mol. The highest BCUT2D eigenvalue weighted by Crippen LogP contribution is 2.24. The Kier molecular flexibility index (Phi) is 4.43. The summed E-state index contributed by atoms with van der Waals surface area (Å²) >= 11 is 0. The van der Waals surface area contributed by atoms with Gasteiger partial charge < -0.3 is 9.47 Å². The fourth-order valence-electron chi connectivity index (χ4n) is 3.42. The Morgan fingerprint density at radius 1 is 1.33 bits per heavy atom. The molecule has 1 aliphatic heterocycles. The Hall–Kier alpha value is -2.17. The quantitative estimate of drug-likeness (QED) is 0.852. The number of carbonyl (C=O) groups is 1. The van der Waals surface area contributed by atoms with Crippen LogP contribution >= 0.6 is 0 Å². The van der Waals surface area contributed by atoms with Gasteiger partial charge in [0.25, 0.3) is 5.56 Å². The van der Waals surface area contributed by atoms with Gasteiger partial charge in [0.2, 0.25) is 5.91 Å². The Bertz CT molecular complexity index is 804. The summed E-state index contributed by atoms with van der Waals surface area (Å²) in [5, 5.41) is 1.57. The molecule has 3 rings (SSSR count). The minimum atomic E-state index is -0.354. The maximum atomic E-state index is 12.6. The topological polar surface area (TPSA) is 55.2 Å². The molecule has 1 amide bonds. The molecule has 0 aromatic carbocycles. The second-order valence-corrected chi connectivity index (χ2v) is 7.75. The van der Waals surface area contributed by atoms with Crippen molar-refractivity contribution in [1.29, 1.82) is 0 Å². The van der Waals surface area contributed by atoms with E-state index >= 15 is 0 Å². The van der Waals surface area contributed by atoms with Gasteiger partial charge in [0.15, 0.2) is 0 Å². The lowest BCUT2D eigenvalue weighted by molar-refractivity contribution is -0.141. The standard InChI is InChI=1S/C19H25N3O2/c1-19(2,3)18(24)22-9-4-5-14(13-22)12-21-10-7-15-6-8-20-11-16(15)17(21)23/h6-8,10-11,14H,4-5,9,12-13H2,1-3H3. The minimum Gasteiger partial charge on any atom is -0.342 e. The fraction of sp³-hybridized carbons (Fsp3) is 0.526. The number of hydrogen-bond donors (Lipinski definition) is 0. The Morgan fingerprint density at radius 2 is 2.12 bits per heavy atom. The van der Waals surface area contributed by atoms with E-state index in [1.165, 1.54) is 0 Å². The van der Waals surface area contributed by atoms with Gasteiger partial charge in [-0.25, -0.2) is 0 Å². The van der Waals surface area contributed by atoms with E-state index in [9.17, 15) is 9.59 Å². The number of carbonyl (C=O) groups excluding carboxylic acids is 1. The summed E-state index contributed by atoms with van der Waals surface area (Å²) in [5.41, 5.74) is -0.354. The van der Waals surface area contributed by atoms with Crippen molar-refractivity contribution in [2.24, 2.45) is 11.3 Å². The van der Waals surface area contributed by atoms with Crippen LogP contribution in [0.4, 0.5) is 0 Å². The van der Waals surface area contributed by atoms with Gasteiger partial charge in [-0.2, -0.15) is 0 Å². The van der Waals surface area contributed by atoms with Gasteiger partial charge in [0.05, 0.1) is 5.39 Å². The first-order valence-corrected chi connectivity index (χ1v) is 8.59. The van der Waals surface area contributed by atoms with Crippen LogP contribution in [-0.2, 0) is 11.3 Å². The summed E-state index contributed by atoms with van der Waals surface area (Å²) in [6.07, 6.45) is 7.23.